The van der Waals surface area contributed by atoms with E-state index < -0.39 is 30.4 Å². The molecule has 186 valence electrons. The van der Waals surface area contributed by atoms with Crippen LogP contribution in [-0.2, 0) is 9.53 Å². The molecule has 10 heteroatoms. The third-order valence-corrected chi connectivity index (χ3v) is 5.31. The lowest BCUT2D eigenvalue weighted by molar-refractivity contribution is -0.115. The van der Waals surface area contributed by atoms with Crippen molar-refractivity contribution in [2.24, 2.45) is 0 Å². The van der Waals surface area contributed by atoms with E-state index >= 15 is 0 Å². The maximum Gasteiger partial charge on any atom is 0.387 e. The Morgan fingerprint density at radius 3 is 2.28 bits per heavy atom. The smallest absolute Gasteiger partial charge is 0.387 e. The highest BCUT2D eigenvalue weighted by molar-refractivity contribution is 6.02. The Hall–Kier alpha value is -4.52. The number of ether oxygens (including phenoxy) is 2. The highest BCUT2D eigenvalue weighted by atomic mass is 19.3. The second-order valence-electron chi connectivity index (χ2n) is 7.86. The highest BCUT2D eigenvalue weighted by Crippen LogP contribution is 2.25. The Morgan fingerprint density at radius 2 is 1.69 bits per heavy atom. The lowest BCUT2D eigenvalue weighted by Crippen LogP contribution is -2.25. The number of nitrogens with one attached hydrogen (secondary N) is 1. The standard InChI is InChI=1S/C26H23F2N3O5/c1-15-14-22(16(2)31(15)20-8-10-21(11-9-20)36-26(27)28)24(33)17(3)35-25(34)18-4-6-19(7-5-18)30-23(32)12-13-29/h4-11,14,17,26H,12H2,1-3H3,(H,30,32)/t17-/m1/s1. The van der Waals surface area contributed by atoms with Gasteiger partial charge in [0.25, 0.3) is 0 Å². The van der Waals surface area contributed by atoms with E-state index in [1.807, 2.05) is 0 Å². The first kappa shape index (κ1) is 26.1. The van der Waals surface area contributed by atoms with Gasteiger partial charge in [0.05, 0.1) is 11.6 Å². The number of esters is 1. The van der Waals surface area contributed by atoms with Gasteiger partial charge >= 0.3 is 12.6 Å². The monoisotopic (exact) mass is 495 g/mol. The number of hydrogen-bond acceptors (Lipinski definition) is 6. The summed E-state index contributed by atoms with van der Waals surface area (Å²) in [7, 11) is 0. The van der Waals surface area contributed by atoms with Crippen molar-refractivity contribution >= 4 is 23.3 Å². The Morgan fingerprint density at radius 1 is 1.06 bits per heavy atom. The van der Waals surface area contributed by atoms with Gasteiger partial charge in [-0.1, -0.05) is 0 Å². The molecule has 0 aliphatic heterocycles. The Balaban J connectivity index is 1.70. The van der Waals surface area contributed by atoms with Crippen LogP contribution in [0.15, 0.2) is 54.6 Å². The van der Waals surface area contributed by atoms with E-state index in [1.54, 1.807) is 42.7 Å². The summed E-state index contributed by atoms with van der Waals surface area (Å²) in [5.74, 6) is -1.57. The van der Waals surface area contributed by atoms with Crippen LogP contribution >= 0.6 is 0 Å². The first-order chi connectivity index (χ1) is 17.1. The maximum absolute atomic E-state index is 13.1. The second kappa shape index (κ2) is 11.3. The largest absolute Gasteiger partial charge is 0.451 e. The molecule has 0 radical (unpaired) electrons. The predicted molar refractivity (Wildman–Crippen MR) is 126 cm³/mol. The van der Waals surface area contributed by atoms with E-state index in [9.17, 15) is 23.2 Å². The molecule has 0 spiro atoms. The van der Waals surface area contributed by atoms with Gasteiger partial charge in [0, 0.05) is 28.3 Å². The van der Waals surface area contributed by atoms with E-state index in [0.29, 0.717) is 22.6 Å². The molecule has 0 aliphatic rings. The van der Waals surface area contributed by atoms with Crippen LogP contribution < -0.4 is 10.1 Å². The third-order valence-electron chi connectivity index (χ3n) is 5.31. The van der Waals surface area contributed by atoms with Crippen molar-refractivity contribution in [3.05, 3.63) is 77.1 Å². The molecule has 3 aromatic rings. The molecule has 0 aliphatic carbocycles. The number of carbonyl (C=O) groups excluding carboxylic acids is 3. The minimum Gasteiger partial charge on any atom is -0.451 e. The summed E-state index contributed by atoms with van der Waals surface area (Å²) < 4.78 is 36.3. The molecule has 0 bridgehead atoms. The molecule has 1 atom stereocenters. The van der Waals surface area contributed by atoms with Gasteiger partial charge in [0.15, 0.2) is 6.10 Å². The fourth-order valence-corrected chi connectivity index (χ4v) is 3.65. The molecular weight excluding hydrogens is 472 g/mol. The number of anilines is 1. The van der Waals surface area contributed by atoms with Gasteiger partial charge in [-0.2, -0.15) is 14.0 Å². The van der Waals surface area contributed by atoms with Gasteiger partial charge in [-0.25, -0.2) is 4.79 Å². The van der Waals surface area contributed by atoms with Gasteiger partial charge in [-0.3, -0.25) is 9.59 Å². The highest BCUT2D eigenvalue weighted by Gasteiger charge is 2.25. The summed E-state index contributed by atoms with van der Waals surface area (Å²) in [5, 5.41) is 11.1. The van der Waals surface area contributed by atoms with Crippen LogP contribution in [0.25, 0.3) is 5.69 Å². The number of hydrogen-bond donors (Lipinski definition) is 1. The van der Waals surface area contributed by atoms with Gasteiger partial charge in [-0.05, 0) is 75.4 Å². The quantitative estimate of drug-likeness (QED) is 0.331. The molecule has 8 nitrogen and oxygen atoms in total. The van der Waals surface area contributed by atoms with E-state index in [1.165, 1.54) is 43.3 Å². The van der Waals surface area contributed by atoms with Gasteiger partial charge in [-0.15, -0.1) is 0 Å². The van der Waals surface area contributed by atoms with Gasteiger partial charge < -0.3 is 19.4 Å². The molecule has 1 heterocycles. The Labute approximate surface area is 206 Å². The number of Topliss-reactive ketones (excluding diaryl/α,β-unsaturated/α-hetero) is 1. The topological polar surface area (TPSA) is 110 Å². The minimum atomic E-state index is -2.92. The van der Waals surface area contributed by atoms with Gasteiger partial charge in [0.2, 0.25) is 11.7 Å². The summed E-state index contributed by atoms with van der Waals surface area (Å²) >= 11 is 0. The zero-order chi connectivity index (χ0) is 26.4. The number of alkyl halides is 2. The summed E-state index contributed by atoms with van der Waals surface area (Å²) in [4.78, 5) is 37.1. The van der Waals surface area contributed by atoms with E-state index in [4.69, 9.17) is 10.00 Å². The van der Waals surface area contributed by atoms with Crippen LogP contribution in [0.5, 0.6) is 5.75 Å². The number of benzene rings is 2. The number of aromatic nitrogens is 1. The second-order valence-corrected chi connectivity index (χ2v) is 7.86. The molecule has 1 N–H and O–H groups in total. The van der Waals surface area contributed by atoms with E-state index in [-0.39, 0.29) is 17.7 Å². The van der Waals surface area contributed by atoms with Crippen molar-refractivity contribution in [2.45, 2.75) is 39.9 Å². The predicted octanol–water partition coefficient (Wildman–Crippen LogP) is 4.98. The van der Waals surface area contributed by atoms with Crippen LogP contribution in [0, 0.1) is 25.2 Å². The van der Waals surface area contributed by atoms with Crippen molar-refractivity contribution in [3.63, 3.8) is 0 Å². The number of rotatable bonds is 9. The molecule has 0 unspecified atom stereocenters. The molecule has 1 aromatic heterocycles. The van der Waals surface area contributed by atoms with Crippen LogP contribution in [0.3, 0.4) is 0 Å². The molecule has 1 amide bonds. The SMILES string of the molecule is Cc1cc(C(=O)[C@@H](C)OC(=O)c2ccc(NC(=O)CC#N)cc2)c(C)n1-c1ccc(OC(F)F)cc1. The molecule has 36 heavy (non-hydrogen) atoms. The summed E-state index contributed by atoms with van der Waals surface area (Å²) in [6.07, 6.45) is -1.37. The molecular formula is C26H23F2N3O5. The van der Waals surface area contributed by atoms with Crippen molar-refractivity contribution in [1.29, 1.82) is 5.26 Å². The number of amides is 1. The molecule has 3 rings (SSSR count). The zero-order valence-electron chi connectivity index (χ0n) is 19.7. The Kier molecular flexibility index (Phi) is 8.17. The molecule has 0 saturated carbocycles. The number of nitriles is 1. The lowest BCUT2D eigenvalue weighted by Gasteiger charge is -2.14. The fraction of sp³-hybridized carbons (Fsp3) is 0.231. The van der Waals surface area contributed by atoms with E-state index in [2.05, 4.69) is 10.1 Å². The number of nitrogens with zero attached hydrogens (tertiary/aromatic N) is 2. The van der Waals surface area contributed by atoms with Crippen LogP contribution in [0.2, 0.25) is 0 Å². The van der Waals surface area contributed by atoms with Crippen molar-refractivity contribution < 1.29 is 32.6 Å². The first-order valence-electron chi connectivity index (χ1n) is 10.9. The fourth-order valence-electron chi connectivity index (χ4n) is 3.65. The maximum atomic E-state index is 13.1. The van der Waals surface area contributed by atoms with E-state index in [0.717, 1.165) is 5.69 Å². The number of carbonyl (C=O) groups is 3. The summed E-state index contributed by atoms with van der Waals surface area (Å²) in [6.45, 7) is 2.07. The Bertz CT molecular complexity index is 1310. The number of halogens is 2. The van der Waals surface area contributed by atoms with Crippen molar-refractivity contribution in [1.82, 2.24) is 4.57 Å². The van der Waals surface area contributed by atoms with Crippen LogP contribution in [0.1, 0.15) is 45.4 Å². The van der Waals surface area contributed by atoms with Gasteiger partial charge in [0.1, 0.15) is 12.2 Å². The first-order valence-corrected chi connectivity index (χ1v) is 10.9. The average molecular weight is 495 g/mol. The zero-order valence-corrected chi connectivity index (χ0v) is 19.7. The van der Waals surface area contributed by atoms with Crippen molar-refractivity contribution in [3.8, 4) is 17.5 Å². The summed E-state index contributed by atoms with van der Waals surface area (Å²) in [6, 6.07) is 15.3. The third kappa shape index (κ3) is 6.13. The normalized spacial score (nSPS) is 11.5. The lowest BCUT2D eigenvalue weighted by atomic mass is 10.1. The molecule has 0 fully saturated rings. The molecule has 2 aromatic carbocycles. The van der Waals surface area contributed by atoms with Crippen LogP contribution in [-0.4, -0.2) is 34.9 Å². The summed E-state index contributed by atoms with van der Waals surface area (Å²) in [5.41, 5.74) is 2.93. The average Bonchev–Trinajstić information content (AvgIpc) is 3.13. The molecule has 0 saturated heterocycles. The minimum absolute atomic E-state index is 0.0191. The van der Waals surface area contributed by atoms with Crippen LogP contribution in [0.4, 0.5) is 14.5 Å². The number of ketones is 1. The van der Waals surface area contributed by atoms with Crippen molar-refractivity contribution in [2.75, 3.05) is 5.32 Å². The number of aryl methyl sites for hydroxylation is 1.